The summed E-state index contributed by atoms with van der Waals surface area (Å²) in [5.74, 6) is -1.07. The Morgan fingerprint density at radius 3 is 2.38 bits per heavy atom. The molecule has 1 saturated heterocycles. The van der Waals surface area contributed by atoms with Crippen LogP contribution in [0.4, 0.5) is 11.4 Å². The van der Waals surface area contributed by atoms with E-state index in [-0.39, 0.29) is 11.8 Å². The lowest BCUT2D eigenvalue weighted by Gasteiger charge is -2.11. The lowest BCUT2D eigenvalue weighted by Crippen LogP contribution is -2.27. The fourth-order valence-electron chi connectivity index (χ4n) is 2.67. The van der Waals surface area contributed by atoms with Gasteiger partial charge in [-0.1, -0.05) is 6.07 Å². The number of rotatable bonds is 5. The molecule has 0 radical (unpaired) electrons. The average Bonchev–Trinajstić information content (AvgIpc) is 3.17. The highest BCUT2D eigenvalue weighted by Crippen LogP contribution is 2.17. The van der Waals surface area contributed by atoms with Crippen LogP contribution in [0.5, 0.6) is 0 Å². The number of nitrogens with one attached hydrogen (secondary N) is 2. The van der Waals surface area contributed by atoms with Gasteiger partial charge in [-0.2, -0.15) is 0 Å². The van der Waals surface area contributed by atoms with Crippen molar-refractivity contribution in [3.8, 4) is 0 Å². The summed E-state index contributed by atoms with van der Waals surface area (Å²) in [7, 11) is 0. The number of nitrogens with two attached hydrogens (primary N) is 1. The lowest BCUT2D eigenvalue weighted by molar-refractivity contribution is -0.124. The van der Waals surface area contributed by atoms with Crippen molar-refractivity contribution >= 4 is 29.1 Å². The molecule has 1 aliphatic rings. The minimum absolute atomic E-state index is 0.206. The smallest absolute Gasteiger partial charge is 0.255 e. The number of benzene rings is 2. The molecule has 0 saturated carbocycles. The molecule has 7 heteroatoms. The number of carbonyl (C=O) groups is 3. The van der Waals surface area contributed by atoms with Gasteiger partial charge in [-0.25, -0.2) is 0 Å². The molecule has 2 aromatic carbocycles. The van der Waals surface area contributed by atoms with Crippen LogP contribution in [-0.2, 0) is 9.53 Å². The summed E-state index contributed by atoms with van der Waals surface area (Å²) in [6.45, 7) is 0.592. The van der Waals surface area contributed by atoms with E-state index < -0.39 is 12.0 Å². The number of anilines is 2. The molecule has 0 bridgehead atoms. The molecule has 0 aromatic heterocycles. The molecular weight excluding hydrogens is 334 g/mol. The van der Waals surface area contributed by atoms with Gasteiger partial charge in [-0.05, 0) is 55.3 Å². The second-order valence-electron chi connectivity index (χ2n) is 5.97. The molecular formula is C19H19N3O4. The first-order valence-corrected chi connectivity index (χ1v) is 8.27. The van der Waals surface area contributed by atoms with Crippen LogP contribution in [0.15, 0.2) is 48.5 Å². The van der Waals surface area contributed by atoms with Crippen molar-refractivity contribution in [3.05, 3.63) is 59.7 Å². The highest BCUT2D eigenvalue weighted by atomic mass is 16.5. The van der Waals surface area contributed by atoms with Crippen molar-refractivity contribution in [2.45, 2.75) is 18.9 Å². The van der Waals surface area contributed by atoms with E-state index in [4.69, 9.17) is 10.5 Å². The van der Waals surface area contributed by atoms with E-state index in [9.17, 15) is 14.4 Å². The van der Waals surface area contributed by atoms with Crippen LogP contribution in [-0.4, -0.2) is 30.4 Å². The summed E-state index contributed by atoms with van der Waals surface area (Å²) in [6, 6.07) is 12.9. The van der Waals surface area contributed by atoms with Gasteiger partial charge in [-0.3, -0.25) is 14.4 Å². The maximum absolute atomic E-state index is 12.4. The van der Waals surface area contributed by atoms with Crippen LogP contribution in [0.1, 0.15) is 33.6 Å². The minimum atomic E-state index is -0.530. The van der Waals surface area contributed by atoms with Gasteiger partial charge >= 0.3 is 0 Å². The Labute approximate surface area is 150 Å². The zero-order valence-corrected chi connectivity index (χ0v) is 14.0. The molecule has 4 N–H and O–H groups in total. The molecule has 134 valence electrons. The van der Waals surface area contributed by atoms with Crippen LogP contribution in [0.3, 0.4) is 0 Å². The summed E-state index contributed by atoms with van der Waals surface area (Å²) in [5, 5.41) is 5.50. The second kappa shape index (κ2) is 7.79. The monoisotopic (exact) mass is 353 g/mol. The van der Waals surface area contributed by atoms with Gasteiger partial charge in [0.15, 0.2) is 0 Å². The number of hydrogen-bond donors (Lipinski definition) is 3. The molecule has 0 aliphatic carbocycles. The Bertz CT molecular complexity index is 827. The highest BCUT2D eigenvalue weighted by Gasteiger charge is 2.23. The predicted octanol–water partition coefficient (Wildman–Crippen LogP) is 2.16. The topological polar surface area (TPSA) is 111 Å². The molecule has 1 unspecified atom stereocenters. The van der Waals surface area contributed by atoms with Crippen molar-refractivity contribution in [3.63, 3.8) is 0 Å². The van der Waals surface area contributed by atoms with Crippen LogP contribution >= 0.6 is 0 Å². The van der Waals surface area contributed by atoms with Gasteiger partial charge in [-0.15, -0.1) is 0 Å². The first-order valence-electron chi connectivity index (χ1n) is 8.27. The van der Waals surface area contributed by atoms with Crippen molar-refractivity contribution in [1.29, 1.82) is 0 Å². The highest BCUT2D eigenvalue weighted by molar-refractivity contribution is 6.05. The van der Waals surface area contributed by atoms with E-state index >= 15 is 0 Å². The van der Waals surface area contributed by atoms with Gasteiger partial charge in [0.25, 0.3) is 11.8 Å². The van der Waals surface area contributed by atoms with Gasteiger partial charge in [0.05, 0.1) is 0 Å². The molecule has 1 atom stereocenters. The largest absolute Gasteiger partial charge is 0.368 e. The first kappa shape index (κ1) is 17.6. The Balaban J connectivity index is 1.65. The normalized spacial score (nSPS) is 16.1. The number of hydrogen-bond acceptors (Lipinski definition) is 4. The lowest BCUT2D eigenvalue weighted by atomic mass is 10.1. The van der Waals surface area contributed by atoms with E-state index in [1.54, 1.807) is 36.4 Å². The van der Waals surface area contributed by atoms with Crippen molar-refractivity contribution < 1.29 is 19.1 Å². The maximum atomic E-state index is 12.4. The van der Waals surface area contributed by atoms with E-state index in [0.29, 0.717) is 35.5 Å². The molecule has 1 heterocycles. The van der Waals surface area contributed by atoms with Gasteiger partial charge in [0, 0.05) is 29.1 Å². The molecule has 0 spiro atoms. The van der Waals surface area contributed by atoms with Crippen LogP contribution in [0.2, 0.25) is 0 Å². The van der Waals surface area contributed by atoms with Crippen LogP contribution < -0.4 is 16.4 Å². The molecule has 3 rings (SSSR count). The fourth-order valence-corrected chi connectivity index (χ4v) is 2.67. The Kier molecular flexibility index (Phi) is 5.28. The van der Waals surface area contributed by atoms with E-state index in [1.165, 1.54) is 12.1 Å². The predicted molar refractivity (Wildman–Crippen MR) is 97.0 cm³/mol. The van der Waals surface area contributed by atoms with Gasteiger partial charge in [0.1, 0.15) is 6.10 Å². The van der Waals surface area contributed by atoms with Crippen molar-refractivity contribution in [1.82, 2.24) is 0 Å². The number of primary amides is 1. The Morgan fingerprint density at radius 2 is 1.73 bits per heavy atom. The van der Waals surface area contributed by atoms with E-state index in [2.05, 4.69) is 10.6 Å². The average molecular weight is 353 g/mol. The standard InChI is InChI=1S/C19H19N3O4/c20-17(23)12-6-8-14(9-7-12)21-18(24)13-3-1-4-15(11-13)22-19(25)16-5-2-10-26-16/h1,3-4,6-9,11,16H,2,5,10H2,(H2,20,23)(H,21,24)(H,22,25). The van der Waals surface area contributed by atoms with Gasteiger partial charge in [0.2, 0.25) is 5.91 Å². The number of ether oxygens (including phenoxy) is 1. The van der Waals surface area contributed by atoms with E-state index in [1.807, 2.05) is 0 Å². The van der Waals surface area contributed by atoms with Crippen LogP contribution in [0, 0.1) is 0 Å². The van der Waals surface area contributed by atoms with Gasteiger partial charge < -0.3 is 21.1 Å². The molecule has 2 aromatic rings. The second-order valence-corrected chi connectivity index (χ2v) is 5.97. The maximum Gasteiger partial charge on any atom is 0.255 e. The van der Waals surface area contributed by atoms with Crippen molar-refractivity contribution in [2.75, 3.05) is 17.2 Å². The van der Waals surface area contributed by atoms with Crippen molar-refractivity contribution in [2.24, 2.45) is 5.73 Å². The summed E-state index contributed by atoms with van der Waals surface area (Å²) in [4.78, 5) is 35.6. The summed E-state index contributed by atoms with van der Waals surface area (Å²) >= 11 is 0. The minimum Gasteiger partial charge on any atom is -0.368 e. The summed E-state index contributed by atoms with van der Waals surface area (Å²) in [6.07, 6.45) is 1.14. The third-order valence-electron chi connectivity index (χ3n) is 4.04. The first-order chi connectivity index (χ1) is 12.5. The SMILES string of the molecule is NC(=O)c1ccc(NC(=O)c2cccc(NC(=O)C3CCCO3)c2)cc1. The molecule has 7 nitrogen and oxygen atoms in total. The molecule has 26 heavy (non-hydrogen) atoms. The Morgan fingerprint density at radius 1 is 0.962 bits per heavy atom. The fraction of sp³-hybridized carbons (Fsp3) is 0.211. The molecule has 1 aliphatic heterocycles. The number of amides is 3. The molecule has 1 fully saturated rings. The quantitative estimate of drug-likeness (QED) is 0.765. The third kappa shape index (κ3) is 4.25. The summed E-state index contributed by atoms with van der Waals surface area (Å²) < 4.78 is 5.35. The van der Waals surface area contributed by atoms with Crippen LogP contribution in [0.25, 0.3) is 0 Å². The summed E-state index contributed by atoms with van der Waals surface area (Å²) in [5.41, 5.74) is 7.01. The van der Waals surface area contributed by atoms with E-state index in [0.717, 1.165) is 6.42 Å². The third-order valence-corrected chi connectivity index (χ3v) is 4.04. The zero-order chi connectivity index (χ0) is 18.5. The Hall–Kier alpha value is -3.19. The zero-order valence-electron chi connectivity index (χ0n) is 14.0. The molecule has 3 amide bonds. The number of carbonyl (C=O) groups excluding carboxylic acids is 3.